The third-order valence-corrected chi connectivity index (χ3v) is 6.65. The van der Waals surface area contributed by atoms with Crippen LogP contribution in [0, 0.1) is 11.3 Å². The van der Waals surface area contributed by atoms with Crippen molar-refractivity contribution >= 4 is 0 Å². The highest BCUT2D eigenvalue weighted by Crippen LogP contribution is 2.57. The van der Waals surface area contributed by atoms with Gasteiger partial charge in [-0.25, -0.2) is 0 Å². The molecule has 0 radical (unpaired) electrons. The molecule has 4 atom stereocenters. The fourth-order valence-corrected chi connectivity index (χ4v) is 5.30. The van der Waals surface area contributed by atoms with Crippen molar-refractivity contribution in [2.45, 2.75) is 77.9 Å². The van der Waals surface area contributed by atoms with Crippen molar-refractivity contribution in [2.75, 3.05) is 0 Å². The van der Waals surface area contributed by atoms with Crippen LogP contribution in [0.25, 0.3) is 0 Å². The molecular formula is C22H32O2. The summed E-state index contributed by atoms with van der Waals surface area (Å²) in [7, 11) is 0. The Balaban J connectivity index is 1.83. The zero-order chi connectivity index (χ0) is 17.5. The summed E-state index contributed by atoms with van der Waals surface area (Å²) in [6.07, 6.45) is 10.8. The van der Waals surface area contributed by atoms with Gasteiger partial charge in [0.05, 0.1) is 12.2 Å². The fraction of sp³-hybridized carbons (Fsp3) is 0.636. The molecule has 0 amide bonds. The van der Waals surface area contributed by atoms with E-state index in [1.807, 2.05) is 0 Å². The molecule has 0 bridgehead atoms. The maximum absolute atomic E-state index is 10.0. The Kier molecular flexibility index (Phi) is 4.90. The van der Waals surface area contributed by atoms with Crippen molar-refractivity contribution in [3.63, 3.8) is 0 Å². The summed E-state index contributed by atoms with van der Waals surface area (Å²) >= 11 is 0. The second-order valence-electron chi connectivity index (χ2n) is 8.42. The van der Waals surface area contributed by atoms with E-state index in [1.54, 1.807) is 11.1 Å². The van der Waals surface area contributed by atoms with Crippen LogP contribution in [0.5, 0.6) is 0 Å². The molecule has 2 N–H and O–H groups in total. The quantitative estimate of drug-likeness (QED) is 0.676. The van der Waals surface area contributed by atoms with Gasteiger partial charge in [0.25, 0.3) is 0 Å². The van der Waals surface area contributed by atoms with Crippen LogP contribution in [0.2, 0.25) is 0 Å². The standard InChI is InChI=1S/C22H32O2/c1-14(2)18-9-10-19-17(6-5-11-22(18,19)4)8-7-16-12-20(23)15(3)21(24)13-16/h7-8,19-21,23-24H,3,5-6,9-13H2,1-2,4H3/b17-8+/t19?,20-,21-,22-/m1/s1. The van der Waals surface area contributed by atoms with Crippen LogP contribution >= 0.6 is 0 Å². The average molecular weight is 328 g/mol. The van der Waals surface area contributed by atoms with Crippen molar-refractivity contribution < 1.29 is 10.2 Å². The van der Waals surface area contributed by atoms with E-state index < -0.39 is 12.2 Å². The number of aliphatic hydroxyl groups excluding tert-OH is 2. The molecule has 0 aromatic rings. The van der Waals surface area contributed by atoms with E-state index in [9.17, 15) is 10.2 Å². The molecule has 2 nitrogen and oxygen atoms in total. The molecule has 2 heteroatoms. The molecule has 0 aromatic carbocycles. The lowest BCUT2D eigenvalue weighted by atomic mass is 9.65. The molecule has 3 rings (SSSR count). The predicted molar refractivity (Wildman–Crippen MR) is 99.6 cm³/mol. The Morgan fingerprint density at radius 1 is 1.12 bits per heavy atom. The first kappa shape index (κ1) is 17.7. The van der Waals surface area contributed by atoms with Gasteiger partial charge in [0.2, 0.25) is 0 Å². The van der Waals surface area contributed by atoms with E-state index in [-0.39, 0.29) is 0 Å². The lowest BCUT2D eigenvalue weighted by Crippen LogP contribution is -2.29. The van der Waals surface area contributed by atoms with Gasteiger partial charge < -0.3 is 10.2 Å². The van der Waals surface area contributed by atoms with Crippen LogP contribution in [0.15, 0.2) is 46.6 Å². The molecule has 132 valence electrons. The third-order valence-electron chi connectivity index (χ3n) is 6.65. The van der Waals surface area contributed by atoms with Gasteiger partial charge in [0.15, 0.2) is 0 Å². The molecule has 0 aliphatic heterocycles. The van der Waals surface area contributed by atoms with Crippen LogP contribution in [-0.4, -0.2) is 22.4 Å². The number of fused-ring (bicyclic) bond motifs is 1. The van der Waals surface area contributed by atoms with Gasteiger partial charge in [-0.3, -0.25) is 0 Å². The maximum atomic E-state index is 10.0. The normalized spacial score (nSPS) is 38.5. The smallest absolute Gasteiger partial charge is 0.0809 e. The van der Waals surface area contributed by atoms with E-state index in [0.717, 1.165) is 5.57 Å². The molecule has 3 aliphatic rings. The number of hydrogen-bond acceptors (Lipinski definition) is 2. The van der Waals surface area contributed by atoms with Crippen molar-refractivity contribution in [2.24, 2.45) is 11.3 Å². The first-order valence-electron chi connectivity index (χ1n) is 9.43. The molecule has 0 heterocycles. The Hall–Kier alpha value is -1.12. The van der Waals surface area contributed by atoms with Crippen molar-refractivity contribution in [1.29, 1.82) is 0 Å². The summed E-state index contributed by atoms with van der Waals surface area (Å²) in [5, 5.41) is 20.0. The van der Waals surface area contributed by atoms with Gasteiger partial charge in [-0.15, -0.1) is 0 Å². The summed E-state index contributed by atoms with van der Waals surface area (Å²) < 4.78 is 0. The first-order valence-corrected chi connectivity index (χ1v) is 9.43. The number of allylic oxidation sites excluding steroid dienone is 5. The van der Waals surface area contributed by atoms with Crippen LogP contribution in [0.4, 0.5) is 0 Å². The van der Waals surface area contributed by atoms with Gasteiger partial charge in [-0.2, -0.15) is 0 Å². The highest BCUT2D eigenvalue weighted by Gasteiger charge is 2.46. The average Bonchev–Trinajstić information content (AvgIpc) is 2.88. The van der Waals surface area contributed by atoms with Gasteiger partial charge in [0, 0.05) is 0 Å². The minimum absolute atomic E-state index is 0.349. The minimum atomic E-state index is -0.598. The summed E-state index contributed by atoms with van der Waals surface area (Å²) in [6.45, 7) is 10.8. The third kappa shape index (κ3) is 3.07. The van der Waals surface area contributed by atoms with Gasteiger partial charge in [-0.1, -0.05) is 47.9 Å². The van der Waals surface area contributed by atoms with Crippen LogP contribution < -0.4 is 0 Å². The van der Waals surface area contributed by atoms with E-state index >= 15 is 0 Å². The van der Waals surface area contributed by atoms with E-state index in [2.05, 4.69) is 39.5 Å². The molecule has 0 saturated heterocycles. The predicted octanol–water partition coefficient (Wildman–Crippen LogP) is 4.85. The number of hydrogen-bond donors (Lipinski definition) is 2. The first-order chi connectivity index (χ1) is 11.3. The molecule has 1 unspecified atom stereocenters. The van der Waals surface area contributed by atoms with Crippen LogP contribution in [-0.2, 0) is 0 Å². The fourth-order valence-electron chi connectivity index (χ4n) is 5.30. The van der Waals surface area contributed by atoms with Crippen molar-refractivity contribution in [1.82, 2.24) is 0 Å². The molecule has 0 aromatic heterocycles. The second-order valence-corrected chi connectivity index (χ2v) is 8.42. The van der Waals surface area contributed by atoms with E-state index in [0.29, 0.717) is 29.7 Å². The van der Waals surface area contributed by atoms with Gasteiger partial charge >= 0.3 is 0 Å². The second kappa shape index (κ2) is 6.65. The Morgan fingerprint density at radius 3 is 2.42 bits per heavy atom. The highest BCUT2D eigenvalue weighted by molar-refractivity contribution is 5.35. The van der Waals surface area contributed by atoms with Crippen LogP contribution in [0.3, 0.4) is 0 Å². The summed E-state index contributed by atoms with van der Waals surface area (Å²) in [5.41, 5.74) is 6.82. The molecular weight excluding hydrogens is 296 g/mol. The largest absolute Gasteiger partial charge is 0.388 e. The lowest BCUT2D eigenvalue weighted by Gasteiger charge is -2.40. The minimum Gasteiger partial charge on any atom is -0.388 e. The summed E-state index contributed by atoms with van der Waals surface area (Å²) in [5.74, 6) is 0.668. The SMILES string of the molecule is C=C1[C@H](O)CC(=C/C=C2\CCC[C@]3(C)C(=C(C)C)CCC23)C[C@H]1O. The van der Waals surface area contributed by atoms with Crippen LogP contribution in [0.1, 0.15) is 65.7 Å². The maximum Gasteiger partial charge on any atom is 0.0809 e. The molecule has 24 heavy (non-hydrogen) atoms. The Bertz CT molecular complexity index is 602. The molecule has 3 fully saturated rings. The summed E-state index contributed by atoms with van der Waals surface area (Å²) in [6, 6.07) is 0. The Morgan fingerprint density at radius 2 is 1.79 bits per heavy atom. The van der Waals surface area contributed by atoms with Crippen molar-refractivity contribution in [3.05, 3.63) is 46.6 Å². The van der Waals surface area contributed by atoms with Gasteiger partial charge in [-0.05, 0) is 75.7 Å². The van der Waals surface area contributed by atoms with E-state index in [1.165, 1.54) is 37.7 Å². The molecule has 3 saturated carbocycles. The summed E-state index contributed by atoms with van der Waals surface area (Å²) in [4.78, 5) is 0. The lowest BCUT2D eigenvalue weighted by molar-refractivity contribution is 0.123. The number of aliphatic hydroxyl groups is 2. The zero-order valence-corrected chi connectivity index (χ0v) is 15.4. The van der Waals surface area contributed by atoms with Gasteiger partial charge in [0.1, 0.15) is 0 Å². The highest BCUT2D eigenvalue weighted by atomic mass is 16.3. The topological polar surface area (TPSA) is 40.5 Å². The Labute approximate surface area is 146 Å². The number of rotatable bonds is 1. The molecule has 3 aliphatic carbocycles. The monoisotopic (exact) mass is 328 g/mol. The van der Waals surface area contributed by atoms with Crippen molar-refractivity contribution in [3.8, 4) is 0 Å². The molecule has 0 spiro atoms. The zero-order valence-electron chi connectivity index (χ0n) is 15.4. The van der Waals surface area contributed by atoms with E-state index in [4.69, 9.17) is 0 Å².